The Kier molecular flexibility index (Phi) is 15.4. The van der Waals surface area contributed by atoms with Gasteiger partial charge in [-0.1, -0.05) is 44.2 Å². The standard InChI is InChI=1S/C45H67N7O8S/c1-11-17-31-22-26(3)24-46-30(7)40-45(8,60-44(56)52(40)21-16-15-20-51-25-33(48-49-51)41-47-32-18-13-14-19-35(32)61-41)36(12-2)58-42(55)29(6)37(53)28(5)39(31)59-43-38(54)34(50(9)10)23-27(4)57-43/h11,13-14,18-19,25-31,34,36,38-40,43,46,54H,1,12,15-17,20-24H2,2-10H3/t26-,27?,28+,29-,30-,31+,34?,36-,38?,39-,40-,43+,45-/m1/s1. The van der Waals surface area contributed by atoms with Gasteiger partial charge in [0.2, 0.25) is 0 Å². The summed E-state index contributed by atoms with van der Waals surface area (Å²) in [5, 5.41) is 24.7. The summed E-state index contributed by atoms with van der Waals surface area (Å²) in [7, 11) is 3.84. The van der Waals surface area contributed by atoms with Gasteiger partial charge in [-0.25, -0.2) is 9.78 Å². The van der Waals surface area contributed by atoms with Crippen LogP contribution in [-0.2, 0) is 35.1 Å². The molecule has 3 unspecified atom stereocenters. The summed E-state index contributed by atoms with van der Waals surface area (Å²) >= 11 is 1.58. The Morgan fingerprint density at radius 3 is 2.54 bits per heavy atom. The monoisotopic (exact) mass is 865 g/mol. The van der Waals surface area contributed by atoms with E-state index in [1.807, 2.05) is 83.2 Å². The highest BCUT2D eigenvalue weighted by atomic mass is 32.1. The van der Waals surface area contributed by atoms with Gasteiger partial charge >= 0.3 is 12.1 Å². The van der Waals surface area contributed by atoms with Crippen LogP contribution in [0.3, 0.4) is 0 Å². The van der Waals surface area contributed by atoms with Gasteiger partial charge in [0.05, 0.1) is 34.7 Å². The number of cyclic esters (lactones) is 1. The predicted octanol–water partition coefficient (Wildman–Crippen LogP) is 6.10. The number of para-hydroxylation sites is 1. The molecular formula is C45H67N7O8S. The van der Waals surface area contributed by atoms with Crippen LogP contribution in [0.5, 0.6) is 0 Å². The highest BCUT2D eigenvalue weighted by Crippen LogP contribution is 2.40. The molecule has 61 heavy (non-hydrogen) atoms. The largest absolute Gasteiger partial charge is 0.458 e. The molecule has 2 aromatic heterocycles. The molecule has 336 valence electrons. The molecule has 1 aromatic carbocycles. The lowest BCUT2D eigenvalue weighted by Gasteiger charge is -2.44. The molecule has 3 saturated heterocycles. The van der Waals surface area contributed by atoms with E-state index in [1.54, 1.807) is 34.8 Å². The van der Waals surface area contributed by atoms with E-state index in [0.717, 1.165) is 27.3 Å². The van der Waals surface area contributed by atoms with Crippen LogP contribution in [0.25, 0.3) is 20.9 Å². The van der Waals surface area contributed by atoms with Crippen LogP contribution in [-0.4, -0.2) is 134 Å². The highest BCUT2D eigenvalue weighted by molar-refractivity contribution is 7.21. The van der Waals surface area contributed by atoms with Gasteiger partial charge in [0, 0.05) is 31.1 Å². The van der Waals surface area contributed by atoms with E-state index in [9.17, 15) is 19.5 Å². The summed E-state index contributed by atoms with van der Waals surface area (Å²) in [4.78, 5) is 50.7. The minimum atomic E-state index is -1.21. The van der Waals surface area contributed by atoms with E-state index in [4.69, 9.17) is 23.9 Å². The molecule has 0 saturated carbocycles. The zero-order valence-electron chi connectivity index (χ0n) is 37.4. The smallest absolute Gasteiger partial charge is 0.410 e. The fraction of sp³-hybridized carbons (Fsp3) is 0.689. The molecule has 3 aromatic rings. The van der Waals surface area contributed by atoms with Gasteiger partial charge in [-0.05, 0) is 111 Å². The Labute approximate surface area is 364 Å². The normalized spacial score (nSPS) is 34.5. The number of carbonyl (C=O) groups excluding carboxylic acids is 3. The molecule has 0 bridgehead atoms. The van der Waals surface area contributed by atoms with Crippen LogP contribution >= 0.6 is 11.3 Å². The molecule has 13 atom stereocenters. The Morgan fingerprint density at radius 1 is 1.10 bits per heavy atom. The summed E-state index contributed by atoms with van der Waals surface area (Å²) in [6.45, 7) is 18.9. The number of aliphatic hydroxyl groups excluding tert-OH is 1. The van der Waals surface area contributed by atoms with E-state index in [-0.39, 0.29) is 35.8 Å². The topological polar surface area (TPSA) is 170 Å². The SMILES string of the molecule is C=CC[C@H]1C[C@@H](C)CN[C@H](C)[C@H]2N(CCCCn3cc(-c4nc5ccccc5s4)nn3)C(=O)O[C@]2(C)[C@@H](CC)OC(=O)[C@H](C)C(=O)[C@H](C)[C@H]1O[C@@H]1OC(C)CC(N(C)C)C1O. The van der Waals surface area contributed by atoms with E-state index in [2.05, 4.69) is 29.1 Å². The number of hydrogen-bond donors (Lipinski definition) is 2. The van der Waals surface area contributed by atoms with E-state index in [0.29, 0.717) is 51.7 Å². The number of likely N-dealkylation sites (N-methyl/N-ethyl adjacent to an activating group) is 1. The zero-order chi connectivity index (χ0) is 44.2. The van der Waals surface area contributed by atoms with Crippen molar-refractivity contribution in [2.24, 2.45) is 23.7 Å². The Hall–Kier alpha value is -3.80. The van der Waals surface area contributed by atoms with E-state index < -0.39 is 60.1 Å². The molecule has 15 nitrogen and oxygen atoms in total. The fourth-order valence-electron chi connectivity index (χ4n) is 9.67. The fourth-order valence-corrected chi connectivity index (χ4v) is 10.6. The third kappa shape index (κ3) is 10.4. The number of Topliss-reactive ketones (excluding diaryl/α,β-unsaturated/α-hetero) is 1. The van der Waals surface area contributed by atoms with E-state index in [1.165, 1.54) is 0 Å². The number of aryl methyl sites for hydroxylation is 1. The average Bonchev–Trinajstić information content (AvgIpc) is 3.95. The predicted molar refractivity (Wildman–Crippen MR) is 234 cm³/mol. The molecule has 6 rings (SSSR count). The molecule has 0 spiro atoms. The molecule has 2 N–H and O–H groups in total. The first-order valence-electron chi connectivity index (χ1n) is 22.1. The van der Waals surface area contributed by atoms with Crippen molar-refractivity contribution in [1.29, 1.82) is 0 Å². The number of nitrogens with zero attached hydrogens (tertiary/aromatic N) is 6. The maximum absolute atomic E-state index is 14.4. The van der Waals surface area contributed by atoms with Gasteiger partial charge in [-0.2, -0.15) is 0 Å². The second-order valence-corrected chi connectivity index (χ2v) is 19.0. The number of unbranched alkanes of at least 4 members (excludes halogenated alkanes) is 1. The number of rotatable bonds is 12. The second-order valence-electron chi connectivity index (χ2n) is 18.0. The third-order valence-corrected chi connectivity index (χ3v) is 14.1. The van der Waals surface area contributed by atoms with E-state index >= 15 is 0 Å². The number of ether oxygens (including phenoxy) is 4. The molecule has 0 aliphatic carbocycles. The quantitative estimate of drug-likeness (QED) is 0.0928. The van der Waals surface area contributed by atoms with Crippen molar-refractivity contribution in [3.8, 4) is 10.7 Å². The number of hydrogen-bond acceptors (Lipinski definition) is 14. The number of aliphatic hydroxyl groups is 1. The number of aromatic nitrogens is 4. The lowest BCUT2D eigenvalue weighted by molar-refractivity contribution is -0.278. The molecule has 3 aliphatic rings. The molecule has 3 aliphatic heterocycles. The first-order chi connectivity index (χ1) is 29.1. The van der Waals surface area contributed by atoms with Crippen molar-refractivity contribution < 1.29 is 38.4 Å². The van der Waals surface area contributed by atoms with Crippen molar-refractivity contribution in [1.82, 2.24) is 35.1 Å². The Bertz CT molecular complexity index is 1940. The van der Waals surface area contributed by atoms with Crippen molar-refractivity contribution in [2.45, 2.75) is 148 Å². The minimum absolute atomic E-state index is 0.0990. The Morgan fingerprint density at radius 2 is 1.84 bits per heavy atom. The van der Waals surface area contributed by atoms with Crippen LogP contribution in [0, 0.1) is 23.7 Å². The summed E-state index contributed by atoms with van der Waals surface area (Å²) < 4.78 is 28.3. The number of esters is 1. The van der Waals surface area contributed by atoms with Crippen LogP contribution in [0.1, 0.15) is 87.0 Å². The van der Waals surface area contributed by atoms with Gasteiger partial charge in [0.15, 0.2) is 17.7 Å². The van der Waals surface area contributed by atoms with Gasteiger partial charge in [0.25, 0.3) is 0 Å². The minimum Gasteiger partial charge on any atom is -0.458 e. The molecular weight excluding hydrogens is 799 g/mol. The number of thiazole rings is 1. The second kappa shape index (κ2) is 20.1. The van der Waals surface area contributed by atoms with Crippen LogP contribution in [0.15, 0.2) is 43.1 Å². The molecule has 0 radical (unpaired) electrons. The molecule has 5 heterocycles. The molecule has 3 fully saturated rings. The van der Waals surface area contributed by atoms with Crippen LogP contribution in [0.2, 0.25) is 0 Å². The number of amides is 1. The first-order valence-corrected chi connectivity index (χ1v) is 22.9. The number of allylic oxidation sites excluding steroid dienone is 1. The average molecular weight is 866 g/mol. The summed E-state index contributed by atoms with van der Waals surface area (Å²) in [6.07, 6.45) is 3.24. The van der Waals surface area contributed by atoms with Crippen molar-refractivity contribution in [3.63, 3.8) is 0 Å². The summed E-state index contributed by atoms with van der Waals surface area (Å²) in [5.41, 5.74) is 0.439. The van der Waals surface area contributed by atoms with Crippen molar-refractivity contribution >= 4 is 39.4 Å². The first kappa shape index (κ1) is 46.7. The van der Waals surface area contributed by atoms with Crippen molar-refractivity contribution in [3.05, 3.63) is 43.1 Å². The third-order valence-electron chi connectivity index (χ3n) is 13.0. The number of nitrogens with one attached hydrogen (secondary N) is 1. The number of carbonyl (C=O) groups is 3. The number of fused-ring (bicyclic) bond motifs is 2. The lowest BCUT2D eigenvalue weighted by atomic mass is 9.79. The lowest BCUT2D eigenvalue weighted by Crippen LogP contribution is -2.60. The van der Waals surface area contributed by atoms with Gasteiger partial charge in [-0.3, -0.25) is 19.2 Å². The van der Waals surface area contributed by atoms with Gasteiger partial charge in [0.1, 0.15) is 28.8 Å². The van der Waals surface area contributed by atoms with Crippen molar-refractivity contribution in [2.75, 3.05) is 27.2 Å². The Balaban J connectivity index is 1.20. The summed E-state index contributed by atoms with van der Waals surface area (Å²) in [6, 6.07) is 7.04. The maximum atomic E-state index is 14.4. The summed E-state index contributed by atoms with van der Waals surface area (Å²) in [5.74, 6) is -2.99. The molecule has 1 amide bonds. The van der Waals surface area contributed by atoms with Crippen LogP contribution < -0.4 is 5.32 Å². The molecule has 16 heteroatoms. The number of ketones is 1. The zero-order valence-corrected chi connectivity index (χ0v) is 38.2. The van der Waals surface area contributed by atoms with Gasteiger partial charge in [-0.15, -0.1) is 23.0 Å². The van der Waals surface area contributed by atoms with Crippen LogP contribution in [0.4, 0.5) is 4.79 Å². The van der Waals surface area contributed by atoms with Gasteiger partial charge < -0.3 is 34.3 Å². The highest BCUT2D eigenvalue weighted by Gasteiger charge is 2.58. The maximum Gasteiger partial charge on any atom is 0.410 e. The number of benzene rings is 1.